The summed E-state index contributed by atoms with van der Waals surface area (Å²) in [7, 11) is 0. The molecule has 1 aliphatic carbocycles. The number of piperazine rings is 1. The molecule has 1 aromatic heterocycles. The molecule has 2 saturated heterocycles. The lowest BCUT2D eigenvalue weighted by Crippen LogP contribution is -2.57. The molecule has 148 valence electrons. The highest BCUT2D eigenvalue weighted by atomic mass is 19.1. The lowest BCUT2D eigenvalue weighted by Gasteiger charge is -2.42. The second-order valence-corrected chi connectivity index (χ2v) is 9.07. The van der Waals surface area contributed by atoms with Gasteiger partial charge in [0.15, 0.2) is 0 Å². The van der Waals surface area contributed by atoms with Crippen LogP contribution in [-0.2, 0) is 17.6 Å². The molecule has 0 saturated carbocycles. The molecule has 3 aliphatic rings. The number of amides is 1. The first-order valence-corrected chi connectivity index (χ1v) is 9.91. The van der Waals surface area contributed by atoms with Gasteiger partial charge in [-0.25, -0.2) is 14.2 Å². The monoisotopic (exact) mass is 376 g/mol. The fourth-order valence-corrected chi connectivity index (χ4v) is 4.55. The van der Waals surface area contributed by atoms with Crippen LogP contribution in [0.15, 0.2) is 6.07 Å². The van der Waals surface area contributed by atoms with Crippen molar-refractivity contribution in [3.63, 3.8) is 0 Å². The number of pyridine rings is 1. The summed E-state index contributed by atoms with van der Waals surface area (Å²) in [5.74, 6) is 0.481. The summed E-state index contributed by atoms with van der Waals surface area (Å²) in [5, 5.41) is 0. The Balaban J connectivity index is 1.52. The van der Waals surface area contributed by atoms with Gasteiger partial charge in [0.1, 0.15) is 17.2 Å². The Hall–Kier alpha value is -1.89. The molecule has 2 fully saturated rings. The van der Waals surface area contributed by atoms with Crippen molar-refractivity contribution in [2.75, 3.05) is 18.0 Å². The van der Waals surface area contributed by atoms with E-state index < -0.39 is 5.60 Å². The third kappa shape index (κ3) is 3.61. The molecule has 0 spiro atoms. The molecule has 2 aliphatic heterocycles. The number of ether oxygens (including phenoxy) is 1. The molecule has 3 heterocycles. The van der Waals surface area contributed by atoms with Crippen molar-refractivity contribution in [1.29, 1.82) is 0 Å². The van der Waals surface area contributed by atoms with Crippen molar-refractivity contribution in [1.82, 2.24) is 9.88 Å². The molecule has 2 unspecified atom stereocenters. The van der Waals surface area contributed by atoms with Gasteiger partial charge in [-0.05, 0) is 52.9 Å². The Morgan fingerprint density at radius 1 is 1.26 bits per heavy atom. The van der Waals surface area contributed by atoms with E-state index in [0.29, 0.717) is 30.9 Å². The van der Waals surface area contributed by atoms with Crippen molar-refractivity contribution in [2.24, 2.45) is 5.73 Å². The van der Waals surface area contributed by atoms with Crippen LogP contribution in [0.1, 0.15) is 51.3 Å². The first-order chi connectivity index (χ1) is 12.7. The van der Waals surface area contributed by atoms with E-state index in [0.717, 1.165) is 31.4 Å². The summed E-state index contributed by atoms with van der Waals surface area (Å²) in [6.07, 6.45) is 3.79. The quantitative estimate of drug-likeness (QED) is 0.816. The molecule has 0 radical (unpaired) electrons. The smallest absolute Gasteiger partial charge is 0.410 e. The average molecular weight is 376 g/mol. The number of rotatable bonds is 1. The van der Waals surface area contributed by atoms with Gasteiger partial charge in [-0.1, -0.05) is 0 Å². The second kappa shape index (κ2) is 6.62. The predicted octanol–water partition coefficient (Wildman–Crippen LogP) is 2.62. The average Bonchev–Trinajstić information content (AvgIpc) is 2.84. The molecule has 0 aromatic carbocycles. The molecule has 2 bridgehead atoms. The highest BCUT2D eigenvalue weighted by Crippen LogP contribution is 2.34. The molecule has 27 heavy (non-hydrogen) atoms. The number of fused-ring (bicyclic) bond motifs is 3. The van der Waals surface area contributed by atoms with Crippen LogP contribution in [0.25, 0.3) is 0 Å². The maximum absolute atomic E-state index is 14.7. The summed E-state index contributed by atoms with van der Waals surface area (Å²) in [4.78, 5) is 21.4. The fraction of sp³-hybridized carbons (Fsp3) is 0.700. The largest absolute Gasteiger partial charge is 0.444 e. The van der Waals surface area contributed by atoms with Crippen molar-refractivity contribution in [3.05, 3.63) is 23.1 Å². The Morgan fingerprint density at radius 2 is 1.93 bits per heavy atom. The Kier molecular flexibility index (Phi) is 4.53. The fourth-order valence-electron chi connectivity index (χ4n) is 4.55. The summed E-state index contributed by atoms with van der Waals surface area (Å²) in [6.45, 7) is 6.99. The maximum atomic E-state index is 14.7. The van der Waals surface area contributed by atoms with E-state index in [-0.39, 0.29) is 30.0 Å². The van der Waals surface area contributed by atoms with E-state index in [1.807, 2.05) is 25.7 Å². The third-order valence-corrected chi connectivity index (χ3v) is 5.77. The number of hydrogen-bond donors (Lipinski definition) is 1. The van der Waals surface area contributed by atoms with Gasteiger partial charge >= 0.3 is 6.09 Å². The number of anilines is 1. The van der Waals surface area contributed by atoms with Crippen LogP contribution in [0.5, 0.6) is 0 Å². The van der Waals surface area contributed by atoms with Crippen molar-refractivity contribution >= 4 is 11.9 Å². The minimum atomic E-state index is -0.502. The van der Waals surface area contributed by atoms with Crippen LogP contribution in [0, 0.1) is 5.82 Å². The Bertz CT molecular complexity index is 734. The van der Waals surface area contributed by atoms with E-state index in [1.54, 1.807) is 6.07 Å². The third-order valence-electron chi connectivity index (χ3n) is 5.77. The van der Waals surface area contributed by atoms with E-state index in [9.17, 15) is 9.18 Å². The number of carbonyl (C=O) groups is 1. The second-order valence-electron chi connectivity index (χ2n) is 9.07. The lowest BCUT2D eigenvalue weighted by molar-refractivity contribution is 0.0122. The van der Waals surface area contributed by atoms with Crippen molar-refractivity contribution < 1.29 is 13.9 Å². The SMILES string of the molecule is CC(C)(C)OC(=O)N1C2CCC1CN(c1cc(F)c3c(n1)CC[C@H](N)C3)C2. The normalized spacial score (nSPS) is 27.5. The number of halogens is 1. The summed E-state index contributed by atoms with van der Waals surface area (Å²) in [6, 6.07) is 1.74. The van der Waals surface area contributed by atoms with Gasteiger partial charge < -0.3 is 15.4 Å². The number of aromatic nitrogens is 1. The molecular formula is C20H29FN4O2. The zero-order valence-corrected chi connectivity index (χ0v) is 16.4. The van der Waals surface area contributed by atoms with Gasteiger partial charge in [-0.3, -0.25) is 4.90 Å². The number of carbonyl (C=O) groups excluding carboxylic acids is 1. The predicted molar refractivity (Wildman–Crippen MR) is 101 cm³/mol. The maximum Gasteiger partial charge on any atom is 0.410 e. The lowest BCUT2D eigenvalue weighted by atomic mass is 9.92. The highest BCUT2D eigenvalue weighted by molar-refractivity contribution is 5.70. The van der Waals surface area contributed by atoms with Crippen molar-refractivity contribution in [2.45, 2.75) is 76.6 Å². The van der Waals surface area contributed by atoms with Crippen LogP contribution in [-0.4, -0.2) is 52.8 Å². The molecule has 3 atom stereocenters. The highest BCUT2D eigenvalue weighted by Gasteiger charge is 2.44. The van der Waals surface area contributed by atoms with Gasteiger partial charge in [-0.2, -0.15) is 0 Å². The van der Waals surface area contributed by atoms with E-state index in [1.165, 1.54) is 0 Å². The first-order valence-electron chi connectivity index (χ1n) is 9.91. The molecule has 7 heteroatoms. The van der Waals surface area contributed by atoms with Crippen LogP contribution < -0.4 is 10.6 Å². The first kappa shape index (κ1) is 18.5. The van der Waals surface area contributed by atoms with Gasteiger partial charge in [0.25, 0.3) is 0 Å². The minimum Gasteiger partial charge on any atom is -0.444 e. The van der Waals surface area contributed by atoms with Crippen LogP contribution >= 0.6 is 0 Å². The zero-order valence-electron chi connectivity index (χ0n) is 16.4. The van der Waals surface area contributed by atoms with E-state index in [4.69, 9.17) is 15.5 Å². The molecular weight excluding hydrogens is 347 g/mol. The molecule has 1 amide bonds. The van der Waals surface area contributed by atoms with Gasteiger partial charge in [0.05, 0.1) is 12.1 Å². The number of aryl methyl sites for hydroxylation is 1. The summed E-state index contributed by atoms with van der Waals surface area (Å²) < 4.78 is 20.2. The Morgan fingerprint density at radius 3 is 2.56 bits per heavy atom. The van der Waals surface area contributed by atoms with E-state index >= 15 is 0 Å². The topological polar surface area (TPSA) is 71.7 Å². The van der Waals surface area contributed by atoms with Crippen LogP contribution in [0.2, 0.25) is 0 Å². The van der Waals surface area contributed by atoms with Crippen LogP contribution in [0.3, 0.4) is 0 Å². The number of hydrogen-bond acceptors (Lipinski definition) is 5. The number of nitrogens with two attached hydrogens (primary N) is 1. The molecule has 4 rings (SSSR count). The van der Waals surface area contributed by atoms with Crippen LogP contribution in [0.4, 0.5) is 15.0 Å². The van der Waals surface area contributed by atoms with Gasteiger partial charge in [0.2, 0.25) is 0 Å². The van der Waals surface area contributed by atoms with Gasteiger partial charge in [-0.15, -0.1) is 0 Å². The summed E-state index contributed by atoms with van der Waals surface area (Å²) in [5.41, 5.74) is 6.99. The molecule has 1 aromatic rings. The Labute approximate surface area is 159 Å². The summed E-state index contributed by atoms with van der Waals surface area (Å²) >= 11 is 0. The number of nitrogens with zero attached hydrogens (tertiary/aromatic N) is 3. The molecule has 2 N–H and O–H groups in total. The zero-order chi connectivity index (χ0) is 19.3. The van der Waals surface area contributed by atoms with Gasteiger partial charge in [0, 0.05) is 36.5 Å². The standard InChI is InChI=1S/C20H29FN4O2/c1-20(2,3)27-19(26)25-13-5-6-14(25)11-24(10-13)18-9-16(21)15-8-12(22)4-7-17(15)23-18/h9,12-14H,4-8,10-11,22H2,1-3H3/t12-,13?,14?/m0/s1. The minimum absolute atomic E-state index is 0.0212. The van der Waals surface area contributed by atoms with Crippen molar-refractivity contribution in [3.8, 4) is 0 Å². The van der Waals surface area contributed by atoms with E-state index in [2.05, 4.69) is 4.90 Å². The molecule has 6 nitrogen and oxygen atoms in total.